The summed E-state index contributed by atoms with van der Waals surface area (Å²) in [6, 6.07) is 16.2. The van der Waals surface area contributed by atoms with Gasteiger partial charge in [-0.05, 0) is 47.2 Å². The second-order valence-electron chi connectivity index (χ2n) is 6.41. The van der Waals surface area contributed by atoms with Crippen molar-refractivity contribution in [3.63, 3.8) is 0 Å². The monoisotopic (exact) mass is 506 g/mol. The van der Waals surface area contributed by atoms with Crippen molar-refractivity contribution >= 4 is 55.1 Å². The second-order valence-corrected chi connectivity index (χ2v) is 9.18. The normalized spacial score (nSPS) is 16.2. The Labute approximate surface area is 177 Å². The van der Waals surface area contributed by atoms with Crippen LogP contribution in [-0.2, 0) is 4.74 Å². The Kier molecular flexibility index (Phi) is 8.77. The van der Waals surface area contributed by atoms with Crippen LogP contribution in [0.3, 0.4) is 0 Å². The summed E-state index contributed by atoms with van der Waals surface area (Å²) in [6.45, 7) is 5.42. The van der Waals surface area contributed by atoms with Crippen LogP contribution in [0.2, 0.25) is 0 Å². The third kappa shape index (κ3) is 6.55. The van der Waals surface area contributed by atoms with E-state index in [1.165, 1.54) is 0 Å². The highest BCUT2D eigenvalue weighted by Crippen LogP contribution is 2.33. The molecule has 0 spiro atoms. The van der Waals surface area contributed by atoms with Crippen molar-refractivity contribution < 1.29 is 4.74 Å². The molecule has 0 heterocycles. The molecule has 2 aromatic carbocycles. The highest BCUT2D eigenvalue weighted by Gasteiger charge is 2.20. The van der Waals surface area contributed by atoms with Crippen LogP contribution in [0.1, 0.15) is 35.7 Å². The zero-order valence-electron chi connectivity index (χ0n) is 14.3. The Balaban J connectivity index is 1.82. The van der Waals surface area contributed by atoms with Crippen LogP contribution in [0, 0.1) is 11.8 Å². The lowest BCUT2D eigenvalue weighted by Crippen LogP contribution is -2.17. The zero-order chi connectivity index (χ0) is 18.4. The lowest BCUT2D eigenvalue weighted by Gasteiger charge is -2.22. The van der Waals surface area contributed by atoms with E-state index < -0.39 is 0 Å². The molecule has 2 unspecified atom stereocenters. The van der Waals surface area contributed by atoms with Crippen molar-refractivity contribution in [2.75, 3.05) is 13.2 Å². The Hall–Kier alpha value is -0.0600. The average Bonchev–Trinajstić information content (AvgIpc) is 2.60. The number of alkyl halides is 2. The topological polar surface area (TPSA) is 9.23 Å². The predicted molar refractivity (Wildman–Crippen MR) is 115 cm³/mol. The van der Waals surface area contributed by atoms with Gasteiger partial charge >= 0.3 is 0 Å². The minimum Gasteiger partial charge on any atom is -0.381 e. The molecule has 0 bridgehead atoms. The molecule has 4 atom stereocenters. The minimum atomic E-state index is -0.0790. The van der Waals surface area contributed by atoms with E-state index in [0.29, 0.717) is 13.2 Å². The summed E-state index contributed by atoms with van der Waals surface area (Å²) >= 11 is 20.1. The molecule has 0 radical (unpaired) electrons. The van der Waals surface area contributed by atoms with Crippen LogP contribution in [0.4, 0.5) is 0 Å². The Bertz CT molecular complexity index is 623. The smallest absolute Gasteiger partial charge is 0.0633 e. The molecule has 0 amide bonds. The highest BCUT2D eigenvalue weighted by molar-refractivity contribution is 9.10. The van der Waals surface area contributed by atoms with Gasteiger partial charge in [0.1, 0.15) is 0 Å². The summed E-state index contributed by atoms with van der Waals surface area (Å²) in [5.74, 6) is 0.422. The van der Waals surface area contributed by atoms with Gasteiger partial charge < -0.3 is 4.74 Å². The molecular formula is C20H22Br2Cl2O. The van der Waals surface area contributed by atoms with Gasteiger partial charge in [0.2, 0.25) is 0 Å². The summed E-state index contributed by atoms with van der Waals surface area (Å²) in [6.07, 6.45) is 0. The number of ether oxygens (including phenoxy) is 1. The summed E-state index contributed by atoms with van der Waals surface area (Å²) in [5.41, 5.74) is 2.20. The average molecular weight is 509 g/mol. The van der Waals surface area contributed by atoms with Crippen LogP contribution in [0.5, 0.6) is 0 Å². The molecule has 0 aliphatic carbocycles. The van der Waals surface area contributed by atoms with Gasteiger partial charge in [-0.3, -0.25) is 0 Å². The van der Waals surface area contributed by atoms with E-state index in [9.17, 15) is 0 Å². The summed E-state index contributed by atoms with van der Waals surface area (Å²) in [4.78, 5) is 0. The molecule has 0 saturated heterocycles. The lowest BCUT2D eigenvalue weighted by molar-refractivity contribution is 0.0775. The molecule has 0 aliphatic rings. The summed E-state index contributed by atoms with van der Waals surface area (Å²) < 4.78 is 7.99. The maximum atomic E-state index is 6.59. The van der Waals surface area contributed by atoms with E-state index in [2.05, 4.69) is 57.8 Å². The van der Waals surface area contributed by atoms with Gasteiger partial charge in [0.05, 0.1) is 24.0 Å². The maximum Gasteiger partial charge on any atom is 0.0633 e. The van der Waals surface area contributed by atoms with Crippen molar-refractivity contribution in [3.05, 3.63) is 68.6 Å². The SMILES string of the molecule is C[C@H](COC[C@@H](C)C(Cl)c1cccc(Br)c1)C(Cl)c1cccc(Br)c1. The Morgan fingerprint density at radius 1 is 0.800 bits per heavy atom. The van der Waals surface area contributed by atoms with Gasteiger partial charge in [-0.2, -0.15) is 0 Å². The van der Waals surface area contributed by atoms with Gasteiger partial charge in [-0.1, -0.05) is 70.0 Å². The summed E-state index contributed by atoms with van der Waals surface area (Å²) in [7, 11) is 0. The molecule has 2 aromatic rings. The molecular weight excluding hydrogens is 487 g/mol. The molecule has 0 aliphatic heterocycles. The van der Waals surface area contributed by atoms with E-state index in [4.69, 9.17) is 27.9 Å². The molecule has 2 rings (SSSR count). The number of hydrogen-bond donors (Lipinski definition) is 0. The molecule has 1 nitrogen and oxygen atoms in total. The van der Waals surface area contributed by atoms with Crippen molar-refractivity contribution in [1.29, 1.82) is 0 Å². The Morgan fingerprint density at radius 3 is 1.56 bits per heavy atom. The van der Waals surface area contributed by atoms with Crippen LogP contribution >= 0.6 is 55.1 Å². The fourth-order valence-corrected chi connectivity index (χ4v) is 3.87. The van der Waals surface area contributed by atoms with Gasteiger partial charge in [-0.25, -0.2) is 0 Å². The second kappa shape index (κ2) is 10.3. The molecule has 0 fully saturated rings. The minimum absolute atomic E-state index is 0.0790. The first-order valence-electron chi connectivity index (χ1n) is 8.25. The molecule has 5 heteroatoms. The van der Waals surface area contributed by atoms with Gasteiger partial charge in [0, 0.05) is 8.95 Å². The van der Waals surface area contributed by atoms with E-state index in [0.717, 1.165) is 20.1 Å². The summed E-state index contributed by atoms with van der Waals surface area (Å²) in [5, 5.41) is -0.158. The van der Waals surface area contributed by atoms with Gasteiger partial charge in [-0.15, -0.1) is 23.2 Å². The predicted octanol–water partition coefficient (Wildman–Crippen LogP) is 7.76. The number of hydrogen-bond acceptors (Lipinski definition) is 1. The van der Waals surface area contributed by atoms with E-state index in [1.807, 2.05) is 36.4 Å². The first-order valence-corrected chi connectivity index (χ1v) is 10.7. The van der Waals surface area contributed by atoms with Crippen molar-refractivity contribution in [1.82, 2.24) is 0 Å². The largest absolute Gasteiger partial charge is 0.381 e. The molecule has 0 N–H and O–H groups in total. The zero-order valence-corrected chi connectivity index (χ0v) is 18.9. The molecule has 25 heavy (non-hydrogen) atoms. The van der Waals surface area contributed by atoms with E-state index in [1.54, 1.807) is 0 Å². The number of rotatable bonds is 8. The molecule has 0 aromatic heterocycles. The third-order valence-electron chi connectivity index (χ3n) is 4.09. The van der Waals surface area contributed by atoms with Crippen LogP contribution < -0.4 is 0 Å². The van der Waals surface area contributed by atoms with Crippen LogP contribution in [-0.4, -0.2) is 13.2 Å². The van der Waals surface area contributed by atoms with E-state index >= 15 is 0 Å². The fraction of sp³-hybridized carbons (Fsp3) is 0.400. The fourth-order valence-electron chi connectivity index (χ4n) is 2.62. The molecule has 0 saturated carbocycles. The van der Waals surface area contributed by atoms with Crippen LogP contribution in [0.25, 0.3) is 0 Å². The van der Waals surface area contributed by atoms with Crippen LogP contribution in [0.15, 0.2) is 57.5 Å². The standard InChI is InChI=1S/C20H22Br2Cl2O/c1-13(19(23)15-5-3-7-17(21)9-15)11-25-12-14(2)20(24)16-6-4-8-18(22)10-16/h3-10,13-14,19-20H,11-12H2,1-2H3/t13-,14-,19?,20?/m1/s1. The third-order valence-corrected chi connectivity index (χ3v) is 6.45. The lowest BCUT2D eigenvalue weighted by atomic mass is 10.0. The maximum absolute atomic E-state index is 6.59. The van der Waals surface area contributed by atoms with Crippen molar-refractivity contribution in [3.8, 4) is 0 Å². The van der Waals surface area contributed by atoms with Gasteiger partial charge in [0.15, 0.2) is 0 Å². The number of halogens is 4. The first-order chi connectivity index (χ1) is 11.9. The van der Waals surface area contributed by atoms with E-state index in [-0.39, 0.29) is 22.6 Å². The first kappa shape index (κ1) is 21.2. The Morgan fingerprint density at radius 2 is 1.20 bits per heavy atom. The van der Waals surface area contributed by atoms with Gasteiger partial charge in [0.25, 0.3) is 0 Å². The van der Waals surface area contributed by atoms with Crippen molar-refractivity contribution in [2.45, 2.75) is 24.6 Å². The molecule has 136 valence electrons. The highest BCUT2D eigenvalue weighted by atomic mass is 79.9. The number of benzene rings is 2. The van der Waals surface area contributed by atoms with Crippen molar-refractivity contribution in [2.24, 2.45) is 11.8 Å². The quantitative estimate of drug-likeness (QED) is 0.331.